The van der Waals surface area contributed by atoms with E-state index in [9.17, 15) is 4.79 Å². The minimum absolute atomic E-state index is 0.162. The summed E-state index contributed by atoms with van der Waals surface area (Å²) in [5.41, 5.74) is 3.99. The van der Waals surface area contributed by atoms with Crippen molar-refractivity contribution in [2.24, 2.45) is 7.05 Å². The summed E-state index contributed by atoms with van der Waals surface area (Å²) in [7, 11) is 5.34. The molecule has 4 rings (SSSR count). The number of ether oxygens (including phenoxy) is 3. The van der Waals surface area contributed by atoms with Crippen molar-refractivity contribution in [3.8, 4) is 11.3 Å². The minimum Gasteiger partial charge on any atom is -0.380 e. The molecule has 8 heteroatoms. The van der Waals surface area contributed by atoms with Crippen molar-refractivity contribution in [2.45, 2.75) is 25.6 Å². The summed E-state index contributed by atoms with van der Waals surface area (Å²) >= 11 is 0. The van der Waals surface area contributed by atoms with Crippen LogP contribution in [-0.2, 0) is 38.3 Å². The standard InChI is InChI=1S/C22H26N4O4/c1-14(27)24-21-9-16-17(11-26(2)19(16)10-23-21)18-7-15(12-28-3)8-20(25-18)22(29-4)5-6-30-13-22/h7-11H,5-6,12-13H2,1-4H3,(H,23,24,27)/t22-/m0/s1. The molecule has 0 aromatic carbocycles. The van der Waals surface area contributed by atoms with Gasteiger partial charge in [-0.1, -0.05) is 0 Å². The highest BCUT2D eigenvalue weighted by atomic mass is 16.5. The fourth-order valence-corrected chi connectivity index (χ4v) is 3.95. The van der Waals surface area contributed by atoms with Crippen LogP contribution in [-0.4, -0.2) is 47.9 Å². The number of fused-ring (bicyclic) bond motifs is 1. The average molecular weight is 410 g/mol. The number of aryl methyl sites for hydroxylation is 1. The van der Waals surface area contributed by atoms with E-state index in [4.69, 9.17) is 19.2 Å². The number of aromatic nitrogens is 3. The summed E-state index contributed by atoms with van der Waals surface area (Å²) in [5, 5.41) is 3.71. The van der Waals surface area contributed by atoms with E-state index in [1.807, 2.05) is 36.0 Å². The summed E-state index contributed by atoms with van der Waals surface area (Å²) in [6.07, 6.45) is 4.53. The summed E-state index contributed by atoms with van der Waals surface area (Å²) < 4.78 is 18.9. The third kappa shape index (κ3) is 3.69. The van der Waals surface area contributed by atoms with Crippen molar-refractivity contribution in [1.82, 2.24) is 14.5 Å². The van der Waals surface area contributed by atoms with E-state index in [1.165, 1.54) is 6.92 Å². The maximum Gasteiger partial charge on any atom is 0.222 e. The fraction of sp³-hybridized carbons (Fsp3) is 0.409. The number of methoxy groups -OCH3 is 2. The lowest BCUT2D eigenvalue weighted by Crippen LogP contribution is -2.30. The molecule has 0 saturated carbocycles. The largest absolute Gasteiger partial charge is 0.380 e. The van der Waals surface area contributed by atoms with Crippen LogP contribution >= 0.6 is 0 Å². The highest BCUT2D eigenvalue weighted by molar-refractivity contribution is 5.98. The van der Waals surface area contributed by atoms with Gasteiger partial charge in [0.05, 0.1) is 36.3 Å². The number of carbonyl (C=O) groups excluding carboxylic acids is 1. The molecule has 1 saturated heterocycles. The molecule has 1 atom stereocenters. The Hall–Kier alpha value is -2.81. The highest BCUT2D eigenvalue weighted by Gasteiger charge is 2.39. The van der Waals surface area contributed by atoms with Crippen molar-refractivity contribution in [1.29, 1.82) is 0 Å². The highest BCUT2D eigenvalue weighted by Crippen LogP contribution is 2.36. The van der Waals surface area contributed by atoms with Crippen LogP contribution in [0, 0.1) is 0 Å². The Bertz CT molecular complexity index is 1090. The first-order valence-electron chi connectivity index (χ1n) is 9.82. The van der Waals surface area contributed by atoms with Crippen molar-refractivity contribution >= 4 is 22.6 Å². The second kappa shape index (κ2) is 8.14. The lowest BCUT2D eigenvalue weighted by atomic mass is 9.95. The minimum atomic E-state index is -0.564. The van der Waals surface area contributed by atoms with Gasteiger partial charge in [0, 0.05) is 58.4 Å². The molecule has 1 N–H and O–H groups in total. The van der Waals surface area contributed by atoms with Crippen molar-refractivity contribution < 1.29 is 19.0 Å². The number of amides is 1. The van der Waals surface area contributed by atoms with E-state index in [0.717, 1.165) is 39.8 Å². The topological polar surface area (TPSA) is 87.5 Å². The van der Waals surface area contributed by atoms with Gasteiger partial charge < -0.3 is 24.1 Å². The summed E-state index contributed by atoms with van der Waals surface area (Å²) in [4.78, 5) is 20.8. The van der Waals surface area contributed by atoms with Gasteiger partial charge in [-0.05, 0) is 23.8 Å². The van der Waals surface area contributed by atoms with E-state index >= 15 is 0 Å². The van der Waals surface area contributed by atoms with Gasteiger partial charge in [-0.25, -0.2) is 9.97 Å². The Morgan fingerprint density at radius 1 is 1.33 bits per heavy atom. The predicted octanol–water partition coefficient (Wildman–Crippen LogP) is 3.00. The first-order valence-corrected chi connectivity index (χ1v) is 9.82. The summed E-state index contributed by atoms with van der Waals surface area (Å²) in [6.45, 7) is 3.04. The second-order valence-electron chi connectivity index (χ2n) is 7.60. The molecule has 1 aliphatic rings. The molecule has 3 aromatic heterocycles. The SMILES string of the molecule is COCc1cc(-c2cn(C)c3cnc(NC(C)=O)cc23)nc([C@]2(OC)CCOC2)c1. The van der Waals surface area contributed by atoms with Crippen LogP contribution in [0.5, 0.6) is 0 Å². The van der Waals surface area contributed by atoms with E-state index in [2.05, 4.69) is 10.3 Å². The summed E-state index contributed by atoms with van der Waals surface area (Å²) in [6, 6.07) is 5.93. The molecule has 8 nitrogen and oxygen atoms in total. The molecular formula is C22H26N4O4. The van der Waals surface area contributed by atoms with Crippen molar-refractivity contribution in [3.05, 3.63) is 41.9 Å². The third-order valence-corrected chi connectivity index (χ3v) is 5.50. The van der Waals surface area contributed by atoms with Crippen molar-refractivity contribution in [3.63, 3.8) is 0 Å². The monoisotopic (exact) mass is 410 g/mol. The van der Waals surface area contributed by atoms with Gasteiger partial charge in [-0.3, -0.25) is 4.79 Å². The zero-order valence-electron chi connectivity index (χ0n) is 17.7. The maximum absolute atomic E-state index is 11.5. The number of carbonyl (C=O) groups is 1. The maximum atomic E-state index is 11.5. The van der Waals surface area contributed by atoms with Gasteiger partial charge in [0.1, 0.15) is 11.4 Å². The van der Waals surface area contributed by atoms with Crippen LogP contribution in [0.1, 0.15) is 24.6 Å². The molecule has 158 valence electrons. The number of anilines is 1. The first-order chi connectivity index (χ1) is 14.5. The molecular weight excluding hydrogens is 384 g/mol. The van der Waals surface area contributed by atoms with Crippen LogP contribution < -0.4 is 5.32 Å². The van der Waals surface area contributed by atoms with Crippen LogP contribution in [0.3, 0.4) is 0 Å². The molecule has 1 aliphatic heterocycles. The Morgan fingerprint density at radius 3 is 2.83 bits per heavy atom. The van der Waals surface area contributed by atoms with E-state index in [1.54, 1.807) is 20.4 Å². The predicted molar refractivity (Wildman–Crippen MR) is 113 cm³/mol. The molecule has 0 unspecified atom stereocenters. The molecule has 1 fully saturated rings. The molecule has 0 radical (unpaired) electrons. The Balaban J connectivity index is 1.89. The fourth-order valence-electron chi connectivity index (χ4n) is 3.95. The number of nitrogens with one attached hydrogen (secondary N) is 1. The smallest absolute Gasteiger partial charge is 0.222 e. The molecule has 3 aromatic rings. The van der Waals surface area contributed by atoms with E-state index < -0.39 is 5.60 Å². The molecule has 1 amide bonds. The number of hydrogen-bond donors (Lipinski definition) is 1. The lowest BCUT2D eigenvalue weighted by molar-refractivity contribution is -0.114. The van der Waals surface area contributed by atoms with Gasteiger partial charge in [0.2, 0.25) is 5.91 Å². The molecule has 4 heterocycles. The average Bonchev–Trinajstić information content (AvgIpc) is 3.33. The van der Waals surface area contributed by atoms with Crippen LogP contribution in [0.25, 0.3) is 22.2 Å². The lowest BCUT2D eigenvalue weighted by Gasteiger charge is -2.26. The van der Waals surface area contributed by atoms with Crippen LogP contribution in [0.4, 0.5) is 5.82 Å². The van der Waals surface area contributed by atoms with Crippen LogP contribution in [0.15, 0.2) is 30.6 Å². The van der Waals surface area contributed by atoms with E-state index in [-0.39, 0.29) is 5.91 Å². The van der Waals surface area contributed by atoms with Gasteiger partial charge in [0.15, 0.2) is 0 Å². The Labute approximate surface area is 175 Å². The number of nitrogens with zero attached hydrogens (tertiary/aromatic N) is 3. The molecule has 0 spiro atoms. The normalized spacial score (nSPS) is 18.8. The first kappa shape index (κ1) is 20.5. The van der Waals surface area contributed by atoms with Gasteiger partial charge in [-0.15, -0.1) is 0 Å². The van der Waals surface area contributed by atoms with Crippen LogP contribution in [0.2, 0.25) is 0 Å². The zero-order chi connectivity index (χ0) is 21.3. The Kier molecular flexibility index (Phi) is 5.55. The summed E-state index contributed by atoms with van der Waals surface area (Å²) in [5.74, 6) is 0.346. The van der Waals surface area contributed by atoms with Gasteiger partial charge in [0.25, 0.3) is 0 Å². The second-order valence-corrected chi connectivity index (χ2v) is 7.60. The number of hydrogen-bond acceptors (Lipinski definition) is 6. The number of pyridine rings is 2. The third-order valence-electron chi connectivity index (χ3n) is 5.50. The zero-order valence-corrected chi connectivity index (χ0v) is 17.7. The molecule has 0 bridgehead atoms. The van der Waals surface area contributed by atoms with Crippen molar-refractivity contribution in [2.75, 3.05) is 32.8 Å². The quantitative estimate of drug-likeness (QED) is 0.672. The number of rotatable bonds is 6. The van der Waals surface area contributed by atoms with Gasteiger partial charge in [-0.2, -0.15) is 0 Å². The van der Waals surface area contributed by atoms with E-state index in [0.29, 0.717) is 25.6 Å². The Morgan fingerprint density at radius 2 is 2.17 bits per heavy atom. The molecule has 0 aliphatic carbocycles. The molecule has 30 heavy (non-hydrogen) atoms. The van der Waals surface area contributed by atoms with Gasteiger partial charge >= 0.3 is 0 Å².